The minimum atomic E-state index is -0.0432. The van der Waals surface area contributed by atoms with Crippen molar-refractivity contribution in [2.75, 3.05) is 7.11 Å². The fourth-order valence-electron chi connectivity index (χ4n) is 1.54. The van der Waals surface area contributed by atoms with Gasteiger partial charge in [0.05, 0.1) is 19.4 Å². The SMILES string of the molecule is COc1ccc(-c2nc(CO)c(C)[nH]2)cc1.Cl. The maximum Gasteiger partial charge on any atom is 0.137 e. The topological polar surface area (TPSA) is 58.1 Å². The lowest BCUT2D eigenvalue weighted by Gasteiger charge is -2.00. The fourth-order valence-corrected chi connectivity index (χ4v) is 1.54. The number of aryl methyl sites for hydroxylation is 1. The van der Waals surface area contributed by atoms with Gasteiger partial charge in [-0.1, -0.05) is 0 Å². The van der Waals surface area contributed by atoms with E-state index >= 15 is 0 Å². The van der Waals surface area contributed by atoms with Crippen LogP contribution < -0.4 is 4.74 Å². The minimum Gasteiger partial charge on any atom is -0.497 e. The summed E-state index contributed by atoms with van der Waals surface area (Å²) in [5, 5.41) is 9.06. The molecule has 0 radical (unpaired) electrons. The Balaban J connectivity index is 0.00000144. The lowest BCUT2D eigenvalue weighted by atomic mass is 10.2. The predicted octanol–water partition coefficient (Wildman–Crippen LogP) is 2.31. The molecule has 4 nitrogen and oxygen atoms in total. The van der Waals surface area contributed by atoms with Crippen molar-refractivity contribution < 1.29 is 9.84 Å². The summed E-state index contributed by atoms with van der Waals surface area (Å²) in [6.07, 6.45) is 0. The highest BCUT2D eigenvalue weighted by atomic mass is 35.5. The van der Waals surface area contributed by atoms with Crippen LogP contribution in [0.2, 0.25) is 0 Å². The van der Waals surface area contributed by atoms with Crippen molar-refractivity contribution in [3.8, 4) is 17.1 Å². The van der Waals surface area contributed by atoms with Crippen LogP contribution in [0.15, 0.2) is 24.3 Å². The first-order valence-electron chi connectivity index (χ1n) is 5.05. The number of methoxy groups -OCH3 is 1. The van der Waals surface area contributed by atoms with Gasteiger partial charge < -0.3 is 14.8 Å². The molecular formula is C12H15ClN2O2. The van der Waals surface area contributed by atoms with Gasteiger partial charge >= 0.3 is 0 Å². The molecule has 1 heterocycles. The number of H-pyrrole nitrogens is 1. The lowest BCUT2D eigenvalue weighted by molar-refractivity contribution is 0.276. The molecule has 1 aromatic heterocycles. The highest BCUT2D eigenvalue weighted by molar-refractivity contribution is 5.85. The van der Waals surface area contributed by atoms with Gasteiger partial charge in [0.15, 0.2) is 0 Å². The second kappa shape index (κ2) is 5.70. The summed E-state index contributed by atoms with van der Waals surface area (Å²) in [6.45, 7) is 1.85. The lowest BCUT2D eigenvalue weighted by Crippen LogP contribution is -1.85. The number of nitrogens with zero attached hydrogens (tertiary/aromatic N) is 1. The zero-order chi connectivity index (χ0) is 11.5. The molecule has 0 bridgehead atoms. The van der Waals surface area contributed by atoms with Gasteiger partial charge in [-0.3, -0.25) is 0 Å². The van der Waals surface area contributed by atoms with Crippen molar-refractivity contribution in [1.82, 2.24) is 9.97 Å². The molecule has 2 N–H and O–H groups in total. The average Bonchev–Trinajstić information content (AvgIpc) is 2.71. The second-order valence-electron chi connectivity index (χ2n) is 3.54. The third-order valence-electron chi connectivity index (χ3n) is 2.50. The van der Waals surface area contributed by atoms with Gasteiger partial charge in [0.1, 0.15) is 11.6 Å². The monoisotopic (exact) mass is 254 g/mol. The third-order valence-corrected chi connectivity index (χ3v) is 2.50. The number of rotatable bonds is 3. The summed E-state index contributed by atoms with van der Waals surface area (Å²) >= 11 is 0. The molecule has 0 aliphatic heterocycles. The number of imidazole rings is 1. The summed E-state index contributed by atoms with van der Waals surface area (Å²) in [6, 6.07) is 7.62. The highest BCUT2D eigenvalue weighted by Crippen LogP contribution is 2.21. The predicted molar refractivity (Wildman–Crippen MR) is 68.5 cm³/mol. The van der Waals surface area contributed by atoms with Crippen LogP contribution >= 0.6 is 12.4 Å². The number of aromatic amines is 1. The van der Waals surface area contributed by atoms with Crippen LogP contribution in [0, 0.1) is 6.92 Å². The number of aromatic nitrogens is 2. The number of ether oxygens (including phenoxy) is 1. The van der Waals surface area contributed by atoms with Gasteiger partial charge in [0, 0.05) is 11.3 Å². The molecule has 0 aliphatic carbocycles. The second-order valence-corrected chi connectivity index (χ2v) is 3.54. The van der Waals surface area contributed by atoms with Crippen LogP contribution in [0.3, 0.4) is 0 Å². The quantitative estimate of drug-likeness (QED) is 0.884. The maximum atomic E-state index is 9.06. The number of hydrogen-bond acceptors (Lipinski definition) is 3. The van der Waals surface area contributed by atoms with Crippen LogP contribution in [0.25, 0.3) is 11.4 Å². The van der Waals surface area contributed by atoms with E-state index in [4.69, 9.17) is 9.84 Å². The maximum absolute atomic E-state index is 9.06. The van der Waals surface area contributed by atoms with E-state index in [2.05, 4.69) is 9.97 Å². The summed E-state index contributed by atoms with van der Waals surface area (Å²) in [7, 11) is 1.63. The van der Waals surface area contributed by atoms with Crippen molar-refractivity contribution in [3.05, 3.63) is 35.7 Å². The molecule has 92 valence electrons. The summed E-state index contributed by atoms with van der Waals surface area (Å²) in [5.41, 5.74) is 2.56. The molecule has 17 heavy (non-hydrogen) atoms. The molecule has 0 saturated carbocycles. The van der Waals surface area contributed by atoms with Gasteiger partial charge in [-0.25, -0.2) is 4.98 Å². The van der Waals surface area contributed by atoms with E-state index in [0.29, 0.717) is 5.69 Å². The highest BCUT2D eigenvalue weighted by Gasteiger charge is 2.07. The van der Waals surface area contributed by atoms with Gasteiger partial charge in [0.2, 0.25) is 0 Å². The fraction of sp³-hybridized carbons (Fsp3) is 0.250. The molecule has 2 rings (SSSR count). The standard InChI is InChI=1S/C12H14N2O2.ClH/c1-8-11(7-15)14-12(13-8)9-3-5-10(16-2)6-4-9;/h3-6,15H,7H2,1-2H3,(H,13,14);1H. The molecule has 2 aromatic rings. The average molecular weight is 255 g/mol. The first-order valence-corrected chi connectivity index (χ1v) is 5.05. The number of halogens is 1. The van der Waals surface area contributed by atoms with Crippen LogP contribution in [0.1, 0.15) is 11.4 Å². The molecule has 0 unspecified atom stereocenters. The Kier molecular flexibility index (Phi) is 4.54. The Hall–Kier alpha value is -1.52. The van der Waals surface area contributed by atoms with E-state index < -0.39 is 0 Å². The van der Waals surface area contributed by atoms with Gasteiger partial charge in [0.25, 0.3) is 0 Å². The first-order chi connectivity index (χ1) is 7.74. The zero-order valence-corrected chi connectivity index (χ0v) is 10.5. The van der Waals surface area contributed by atoms with Crippen molar-refractivity contribution in [3.63, 3.8) is 0 Å². The minimum absolute atomic E-state index is 0. The van der Waals surface area contributed by atoms with Crippen LogP contribution in [-0.4, -0.2) is 22.2 Å². The van der Waals surface area contributed by atoms with Crippen molar-refractivity contribution >= 4 is 12.4 Å². The van der Waals surface area contributed by atoms with Crippen molar-refractivity contribution in [2.45, 2.75) is 13.5 Å². The van der Waals surface area contributed by atoms with Gasteiger partial charge in [-0.05, 0) is 31.2 Å². The summed E-state index contributed by atoms with van der Waals surface area (Å²) < 4.78 is 5.08. The van der Waals surface area contributed by atoms with Crippen molar-refractivity contribution in [2.24, 2.45) is 0 Å². The Labute approximate surface area is 106 Å². The smallest absolute Gasteiger partial charge is 0.137 e. The largest absolute Gasteiger partial charge is 0.497 e. The molecule has 5 heteroatoms. The number of nitrogens with one attached hydrogen (secondary N) is 1. The van der Waals surface area contributed by atoms with Crippen LogP contribution in [0.4, 0.5) is 0 Å². The normalized spacial score (nSPS) is 9.82. The Bertz CT molecular complexity index is 480. The van der Waals surface area contributed by atoms with E-state index in [-0.39, 0.29) is 19.0 Å². The number of aliphatic hydroxyl groups is 1. The van der Waals surface area contributed by atoms with Gasteiger partial charge in [-0.15, -0.1) is 12.4 Å². The van der Waals surface area contributed by atoms with Gasteiger partial charge in [-0.2, -0.15) is 0 Å². The Morgan fingerprint density at radius 2 is 1.94 bits per heavy atom. The van der Waals surface area contributed by atoms with E-state index in [1.807, 2.05) is 31.2 Å². The first kappa shape index (κ1) is 13.5. The number of hydrogen-bond donors (Lipinski definition) is 2. The Morgan fingerprint density at radius 1 is 1.29 bits per heavy atom. The molecule has 0 amide bonds. The summed E-state index contributed by atoms with van der Waals surface area (Å²) in [5.74, 6) is 1.58. The van der Waals surface area contributed by atoms with Crippen LogP contribution in [0.5, 0.6) is 5.75 Å². The van der Waals surface area contributed by atoms with E-state index in [9.17, 15) is 0 Å². The molecule has 0 fully saturated rings. The molecule has 0 spiro atoms. The Morgan fingerprint density at radius 3 is 2.41 bits per heavy atom. The number of benzene rings is 1. The molecule has 0 saturated heterocycles. The zero-order valence-electron chi connectivity index (χ0n) is 9.73. The number of aliphatic hydroxyl groups excluding tert-OH is 1. The van der Waals surface area contributed by atoms with E-state index in [0.717, 1.165) is 22.8 Å². The third kappa shape index (κ3) is 2.78. The van der Waals surface area contributed by atoms with E-state index in [1.54, 1.807) is 7.11 Å². The molecule has 0 aliphatic rings. The van der Waals surface area contributed by atoms with Crippen molar-refractivity contribution in [1.29, 1.82) is 0 Å². The molecular weight excluding hydrogens is 240 g/mol. The molecule has 0 atom stereocenters. The van der Waals surface area contributed by atoms with Crippen LogP contribution in [-0.2, 0) is 6.61 Å². The molecule has 1 aromatic carbocycles. The summed E-state index contributed by atoms with van der Waals surface area (Å²) in [4.78, 5) is 7.45. The van der Waals surface area contributed by atoms with E-state index in [1.165, 1.54) is 0 Å².